The zero-order valence-electron chi connectivity index (χ0n) is 13.8. The molecule has 2 amide bonds. The number of rotatable bonds is 2. The topological polar surface area (TPSA) is 84.0 Å². The van der Waals surface area contributed by atoms with Crippen LogP contribution in [0.25, 0.3) is 10.9 Å². The molecule has 6 nitrogen and oxygen atoms in total. The summed E-state index contributed by atoms with van der Waals surface area (Å²) in [5.41, 5.74) is 1.65. The maximum atomic E-state index is 13.1. The Labute approximate surface area is 150 Å². The molecule has 0 aliphatic carbocycles. The first kappa shape index (κ1) is 17.0. The van der Waals surface area contributed by atoms with Crippen LogP contribution in [0, 0.1) is 6.92 Å². The van der Waals surface area contributed by atoms with Crippen LogP contribution in [-0.4, -0.2) is 21.8 Å². The third-order valence-electron chi connectivity index (χ3n) is 4.10. The molecule has 9 heteroatoms. The van der Waals surface area contributed by atoms with E-state index in [0.717, 1.165) is 5.56 Å². The molecule has 4 rings (SSSR count). The van der Waals surface area contributed by atoms with Crippen molar-refractivity contribution in [1.82, 2.24) is 15.3 Å². The lowest BCUT2D eigenvalue weighted by atomic mass is 10.1. The molecule has 1 aliphatic heterocycles. The Morgan fingerprint density at radius 1 is 0.963 bits per heavy atom. The Morgan fingerprint density at radius 3 is 2.44 bits per heavy atom. The average Bonchev–Trinajstić information content (AvgIpc) is 2.88. The SMILES string of the molecule is Cc1ccc2nc(C(F)(F)F)nc(Nc3ccc4c(c3)C(=O)NC4=O)c2c1. The van der Waals surface area contributed by atoms with Crippen molar-refractivity contribution < 1.29 is 22.8 Å². The number of fused-ring (bicyclic) bond motifs is 2. The van der Waals surface area contributed by atoms with Crippen LogP contribution in [0.1, 0.15) is 32.1 Å². The van der Waals surface area contributed by atoms with Gasteiger partial charge in [-0.3, -0.25) is 14.9 Å². The number of imide groups is 1. The van der Waals surface area contributed by atoms with Gasteiger partial charge in [0.2, 0.25) is 5.82 Å². The Hall–Kier alpha value is -3.49. The molecular weight excluding hydrogens is 361 g/mol. The van der Waals surface area contributed by atoms with Crippen molar-refractivity contribution in [3.8, 4) is 0 Å². The Morgan fingerprint density at radius 2 is 1.70 bits per heavy atom. The first-order valence-electron chi connectivity index (χ1n) is 7.85. The minimum Gasteiger partial charge on any atom is -0.340 e. The summed E-state index contributed by atoms with van der Waals surface area (Å²) >= 11 is 0. The van der Waals surface area contributed by atoms with Crippen LogP contribution in [-0.2, 0) is 6.18 Å². The van der Waals surface area contributed by atoms with E-state index in [1.54, 1.807) is 19.1 Å². The van der Waals surface area contributed by atoms with Gasteiger partial charge in [-0.15, -0.1) is 0 Å². The summed E-state index contributed by atoms with van der Waals surface area (Å²) in [5.74, 6) is -2.38. The fourth-order valence-corrected chi connectivity index (χ4v) is 2.85. The maximum Gasteiger partial charge on any atom is 0.451 e. The molecule has 0 bridgehead atoms. The second kappa shape index (κ2) is 5.76. The molecule has 0 atom stereocenters. The summed E-state index contributed by atoms with van der Waals surface area (Å²) in [7, 11) is 0. The van der Waals surface area contributed by atoms with E-state index < -0.39 is 23.8 Å². The largest absolute Gasteiger partial charge is 0.451 e. The van der Waals surface area contributed by atoms with Gasteiger partial charge in [0.1, 0.15) is 5.82 Å². The van der Waals surface area contributed by atoms with E-state index in [1.165, 1.54) is 24.3 Å². The lowest BCUT2D eigenvalue weighted by Gasteiger charge is -2.13. The molecule has 0 fully saturated rings. The summed E-state index contributed by atoms with van der Waals surface area (Å²) in [6.07, 6.45) is -4.71. The van der Waals surface area contributed by atoms with Crippen molar-refractivity contribution in [3.63, 3.8) is 0 Å². The van der Waals surface area contributed by atoms with E-state index in [0.29, 0.717) is 11.1 Å². The Balaban J connectivity index is 1.84. The summed E-state index contributed by atoms with van der Waals surface area (Å²) < 4.78 is 39.4. The van der Waals surface area contributed by atoms with E-state index in [1.807, 2.05) is 0 Å². The minimum absolute atomic E-state index is 0.0410. The zero-order valence-corrected chi connectivity index (χ0v) is 13.8. The summed E-state index contributed by atoms with van der Waals surface area (Å²) in [5, 5.41) is 5.38. The van der Waals surface area contributed by atoms with Crippen molar-refractivity contribution in [3.05, 3.63) is 58.9 Å². The minimum atomic E-state index is -4.71. The third-order valence-corrected chi connectivity index (χ3v) is 4.10. The Kier molecular flexibility index (Phi) is 3.62. The molecular formula is C18H11F3N4O2. The molecule has 2 N–H and O–H groups in total. The molecule has 2 heterocycles. The molecule has 0 radical (unpaired) electrons. The molecule has 136 valence electrons. The van der Waals surface area contributed by atoms with Crippen LogP contribution in [0.4, 0.5) is 24.7 Å². The lowest BCUT2D eigenvalue weighted by Crippen LogP contribution is -2.19. The number of aryl methyl sites for hydroxylation is 1. The van der Waals surface area contributed by atoms with Crippen LogP contribution in [0.2, 0.25) is 0 Å². The van der Waals surface area contributed by atoms with E-state index in [2.05, 4.69) is 20.6 Å². The third kappa shape index (κ3) is 2.97. The number of carbonyl (C=O) groups is 2. The summed E-state index contributed by atoms with van der Waals surface area (Å²) in [6.45, 7) is 1.80. The van der Waals surface area contributed by atoms with Gasteiger partial charge in [-0.25, -0.2) is 9.97 Å². The quantitative estimate of drug-likeness (QED) is 0.672. The molecule has 2 aromatic carbocycles. The highest BCUT2D eigenvalue weighted by molar-refractivity contribution is 6.21. The van der Waals surface area contributed by atoms with Crippen LogP contribution >= 0.6 is 0 Å². The van der Waals surface area contributed by atoms with Gasteiger partial charge < -0.3 is 5.32 Å². The van der Waals surface area contributed by atoms with Gasteiger partial charge in [0.25, 0.3) is 11.8 Å². The maximum absolute atomic E-state index is 13.1. The predicted octanol–water partition coefficient (Wildman–Crippen LogP) is 3.58. The van der Waals surface area contributed by atoms with Gasteiger partial charge in [-0.05, 0) is 37.3 Å². The number of hydrogen-bond acceptors (Lipinski definition) is 5. The predicted molar refractivity (Wildman–Crippen MR) is 90.8 cm³/mol. The first-order chi connectivity index (χ1) is 12.7. The number of carbonyl (C=O) groups excluding carboxylic acids is 2. The molecule has 0 spiro atoms. The molecule has 1 aliphatic rings. The highest BCUT2D eigenvalue weighted by atomic mass is 19.4. The van der Waals surface area contributed by atoms with E-state index in [4.69, 9.17) is 0 Å². The molecule has 3 aromatic rings. The van der Waals surface area contributed by atoms with Gasteiger partial charge in [0.05, 0.1) is 16.6 Å². The number of aromatic nitrogens is 2. The molecule has 27 heavy (non-hydrogen) atoms. The van der Waals surface area contributed by atoms with Gasteiger partial charge in [0, 0.05) is 11.1 Å². The monoisotopic (exact) mass is 372 g/mol. The molecule has 0 saturated heterocycles. The van der Waals surface area contributed by atoms with Crippen LogP contribution < -0.4 is 10.6 Å². The summed E-state index contributed by atoms with van der Waals surface area (Å²) in [4.78, 5) is 30.6. The van der Waals surface area contributed by atoms with Crippen molar-refractivity contribution in [1.29, 1.82) is 0 Å². The number of hydrogen-bond donors (Lipinski definition) is 2. The second-order valence-corrected chi connectivity index (χ2v) is 6.08. The molecule has 1 aromatic heterocycles. The first-order valence-corrected chi connectivity index (χ1v) is 7.85. The van der Waals surface area contributed by atoms with Crippen LogP contribution in [0.5, 0.6) is 0 Å². The van der Waals surface area contributed by atoms with E-state index in [9.17, 15) is 22.8 Å². The zero-order chi connectivity index (χ0) is 19.3. The van der Waals surface area contributed by atoms with Gasteiger partial charge in [-0.1, -0.05) is 11.6 Å². The van der Waals surface area contributed by atoms with Crippen LogP contribution in [0.15, 0.2) is 36.4 Å². The van der Waals surface area contributed by atoms with Gasteiger partial charge in [-0.2, -0.15) is 13.2 Å². The normalized spacial score (nSPS) is 13.6. The highest BCUT2D eigenvalue weighted by Crippen LogP contribution is 2.32. The Bertz CT molecular complexity index is 1130. The number of halogens is 3. The van der Waals surface area contributed by atoms with Gasteiger partial charge in [0.15, 0.2) is 0 Å². The van der Waals surface area contributed by atoms with Crippen molar-refractivity contribution in [2.24, 2.45) is 0 Å². The van der Waals surface area contributed by atoms with Crippen molar-refractivity contribution >= 4 is 34.2 Å². The van der Waals surface area contributed by atoms with Gasteiger partial charge >= 0.3 is 6.18 Å². The fourth-order valence-electron chi connectivity index (χ4n) is 2.85. The smallest absolute Gasteiger partial charge is 0.340 e. The number of anilines is 2. The molecule has 0 saturated carbocycles. The summed E-state index contributed by atoms with van der Waals surface area (Å²) in [6, 6.07) is 9.13. The van der Waals surface area contributed by atoms with Crippen molar-refractivity contribution in [2.75, 3.05) is 5.32 Å². The van der Waals surface area contributed by atoms with Crippen molar-refractivity contribution in [2.45, 2.75) is 13.1 Å². The fraction of sp³-hybridized carbons (Fsp3) is 0.111. The van der Waals surface area contributed by atoms with E-state index in [-0.39, 0.29) is 22.5 Å². The average molecular weight is 372 g/mol. The number of nitrogens with zero attached hydrogens (tertiary/aromatic N) is 2. The van der Waals surface area contributed by atoms with Crippen LogP contribution in [0.3, 0.4) is 0 Å². The lowest BCUT2D eigenvalue weighted by molar-refractivity contribution is -0.144. The number of alkyl halides is 3. The second-order valence-electron chi connectivity index (χ2n) is 6.08. The van der Waals surface area contributed by atoms with E-state index >= 15 is 0 Å². The standard InChI is InChI=1S/C18H11F3N4O2/c1-8-2-5-13-12(6-8)14(24-17(23-13)18(19,20)21)22-9-3-4-10-11(7-9)16(27)25-15(10)26/h2-7H,1H3,(H,22,23,24)(H,25,26,27). The highest BCUT2D eigenvalue weighted by Gasteiger charge is 2.35. The number of benzene rings is 2. The molecule has 0 unspecified atom stereocenters. The number of nitrogens with one attached hydrogen (secondary N) is 2. The number of amides is 2.